The second-order valence-corrected chi connectivity index (χ2v) is 3.02. The van der Waals surface area contributed by atoms with Crippen molar-refractivity contribution in [3.05, 3.63) is 12.7 Å². The SMILES string of the molecule is C=CC(=O)NC1CCCC1OC. The van der Waals surface area contributed by atoms with Crippen LogP contribution in [-0.4, -0.2) is 25.2 Å². The Morgan fingerprint density at radius 1 is 1.67 bits per heavy atom. The van der Waals surface area contributed by atoms with Crippen molar-refractivity contribution in [1.82, 2.24) is 5.32 Å². The summed E-state index contributed by atoms with van der Waals surface area (Å²) in [5, 5.41) is 2.85. The fraction of sp³-hybridized carbons (Fsp3) is 0.667. The van der Waals surface area contributed by atoms with Crippen LogP contribution in [0.3, 0.4) is 0 Å². The van der Waals surface area contributed by atoms with Crippen LogP contribution in [-0.2, 0) is 9.53 Å². The molecular formula is C9H15NO2. The summed E-state index contributed by atoms with van der Waals surface area (Å²) in [6.45, 7) is 3.40. The van der Waals surface area contributed by atoms with Gasteiger partial charge in [0, 0.05) is 7.11 Å². The van der Waals surface area contributed by atoms with Crippen LogP contribution in [0.5, 0.6) is 0 Å². The normalized spacial score (nSPS) is 28.4. The van der Waals surface area contributed by atoms with E-state index in [0.29, 0.717) is 0 Å². The number of nitrogens with one attached hydrogen (secondary N) is 1. The molecule has 0 heterocycles. The zero-order chi connectivity index (χ0) is 8.97. The van der Waals surface area contributed by atoms with E-state index in [1.165, 1.54) is 6.08 Å². The molecule has 12 heavy (non-hydrogen) atoms. The topological polar surface area (TPSA) is 38.3 Å². The molecule has 68 valence electrons. The minimum atomic E-state index is -0.107. The monoisotopic (exact) mass is 169 g/mol. The molecule has 0 radical (unpaired) electrons. The van der Waals surface area contributed by atoms with E-state index < -0.39 is 0 Å². The van der Waals surface area contributed by atoms with Crippen LogP contribution in [0, 0.1) is 0 Å². The number of carbonyl (C=O) groups is 1. The molecule has 0 aromatic heterocycles. The van der Waals surface area contributed by atoms with Crippen molar-refractivity contribution >= 4 is 5.91 Å². The second-order valence-electron chi connectivity index (χ2n) is 3.02. The van der Waals surface area contributed by atoms with Crippen molar-refractivity contribution in [3.63, 3.8) is 0 Å². The van der Waals surface area contributed by atoms with Crippen molar-refractivity contribution in [1.29, 1.82) is 0 Å². The molecule has 3 nitrogen and oxygen atoms in total. The van der Waals surface area contributed by atoms with Gasteiger partial charge in [0.25, 0.3) is 0 Å². The largest absolute Gasteiger partial charge is 0.379 e. The highest BCUT2D eigenvalue weighted by Crippen LogP contribution is 2.21. The average Bonchev–Trinajstić information content (AvgIpc) is 2.51. The molecule has 2 unspecified atom stereocenters. The molecule has 0 aromatic rings. The first kappa shape index (κ1) is 9.26. The van der Waals surface area contributed by atoms with Gasteiger partial charge < -0.3 is 10.1 Å². The summed E-state index contributed by atoms with van der Waals surface area (Å²) >= 11 is 0. The first-order chi connectivity index (χ1) is 5.77. The van der Waals surface area contributed by atoms with Crippen LogP contribution < -0.4 is 5.32 Å². The molecule has 0 aromatic carbocycles. The lowest BCUT2D eigenvalue weighted by Crippen LogP contribution is -2.39. The molecule has 1 rings (SSSR count). The first-order valence-corrected chi connectivity index (χ1v) is 4.23. The zero-order valence-corrected chi connectivity index (χ0v) is 7.38. The van der Waals surface area contributed by atoms with Gasteiger partial charge in [-0.15, -0.1) is 0 Å². The van der Waals surface area contributed by atoms with Crippen LogP contribution >= 0.6 is 0 Å². The molecular weight excluding hydrogens is 154 g/mol. The summed E-state index contributed by atoms with van der Waals surface area (Å²) in [6, 6.07) is 0.181. The van der Waals surface area contributed by atoms with E-state index in [2.05, 4.69) is 11.9 Å². The third kappa shape index (κ3) is 2.08. The number of rotatable bonds is 3. The summed E-state index contributed by atoms with van der Waals surface area (Å²) in [5.74, 6) is -0.107. The van der Waals surface area contributed by atoms with E-state index in [1.807, 2.05) is 0 Å². The fourth-order valence-corrected chi connectivity index (χ4v) is 1.61. The number of methoxy groups -OCH3 is 1. The molecule has 1 fully saturated rings. The van der Waals surface area contributed by atoms with Gasteiger partial charge in [0.1, 0.15) is 0 Å². The summed E-state index contributed by atoms with van der Waals surface area (Å²) in [7, 11) is 1.68. The van der Waals surface area contributed by atoms with Crippen LogP contribution in [0.15, 0.2) is 12.7 Å². The lowest BCUT2D eigenvalue weighted by molar-refractivity contribution is -0.117. The van der Waals surface area contributed by atoms with Gasteiger partial charge in [-0.2, -0.15) is 0 Å². The maximum Gasteiger partial charge on any atom is 0.243 e. The lowest BCUT2D eigenvalue weighted by Gasteiger charge is -2.18. The van der Waals surface area contributed by atoms with Gasteiger partial charge in [0.2, 0.25) is 5.91 Å². The van der Waals surface area contributed by atoms with Gasteiger partial charge in [0.05, 0.1) is 12.1 Å². The lowest BCUT2D eigenvalue weighted by atomic mass is 10.2. The van der Waals surface area contributed by atoms with E-state index >= 15 is 0 Å². The van der Waals surface area contributed by atoms with Crippen molar-refractivity contribution in [3.8, 4) is 0 Å². The summed E-state index contributed by atoms with van der Waals surface area (Å²) < 4.78 is 5.22. The maximum absolute atomic E-state index is 10.9. The average molecular weight is 169 g/mol. The highest BCUT2D eigenvalue weighted by Gasteiger charge is 2.27. The summed E-state index contributed by atoms with van der Waals surface area (Å²) in [5.41, 5.74) is 0. The second kappa shape index (κ2) is 4.26. The van der Waals surface area contributed by atoms with E-state index in [-0.39, 0.29) is 18.1 Å². The first-order valence-electron chi connectivity index (χ1n) is 4.23. The van der Waals surface area contributed by atoms with Crippen molar-refractivity contribution in [2.75, 3.05) is 7.11 Å². The van der Waals surface area contributed by atoms with Crippen LogP contribution in [0.1, 0.15) is 19.3 Å². The molecule has 0 saturated heterocycles. The Balaban J connectivity index is 2.40. The number of amides is 1. The van der Waals surface area contributed by atoms with Crippen molar-refractivity contribution < 1.29 is 9.53 Å². The van der Waals surface area contributed by atoms with Crippen LogP contribution in [0.2, 0.25) is 0 Å². The summed E-state index contributed by atoms with van der Waals surface area (Å²) in [4.78, 5) is 10.9. The summed E-state index contributed by atoms with van der Waals surface area (Å²) in [6.07, 6.45) is 4.66. The van der Waals surface area contributed by atoms with Gasteiger partial charge in [-0.1, -0.05) is 6.58 Å². The van der Waals surface area contributed by atoms with E-state index in [4.69, 9.17) is 4.74 Å². The third-order valence-corrected chi connectivity index (χ3v) is 2.27. The number of hydrogen-bond donors (Lipinski definition) is 1. The van der Waals surface area contributed by atoms with Gasteiger partial charge in [-0.25, -0.2) is 0 Å². The Morgan fingerprint density at radius 3 is 3.00 bits per heavy atom. The highest BCUT2D eigenvalue weighted by molar-refractivity contribution is 5.87. The molecule has 1 aliphatic rings. The van der Waals surface area contributed by atoms with Gasteiger partial charge in [-0.3, -0.25) is 4.79 Å². The van der Waals surface area contributed by atoms with E-state index in [1.54, 1.807) is 7.11 Å². The highest BCUT2D eigenvalue weighted by atomic mass is 16.5. The van der Waals surface area contributed by atoms with E-state index in [0.717, 1.165) is 19.3 Å². The maximum atomic E-state index is 10.9. The Morgan fingerprint density at radius 2 is 2.42 bits per heavy atom. The molecule has 1 N–H and O–H groups in total. The number of carbonyl (C=O) groups excluding carboxylic acids is 1. The minimum Gasteiger partial charge on any atom is -0.379 e. The van der Waals surface area contributed by atoms with Gasteiger partial charge >= 0.3 is 0 Å². The van der Waals surface area contributed by atoms with Gasteiger partial charge in [-0.05, 0) is 25.3 Å². The fourth-order valence-electron chi connectivity index (χ4n) is 1.61. The molecule has 0 spiro atoms. The van der Waals surface area contributed by atoms with Crippen molar-refractivity contribution in [2.45, 2.75) is 31.4 Å². The molecule has 2 atom stereocenters. The zero-order valence-electron chi connectivity index (χ0n) is 7.38. The quantitative estimate of drug-likeness (QED) is 0.636. The molecule has 3 heteroatoms. The molecule has 0 aliphatic heterocycles. The molecule has 1 amide bonds. The van der Waals surface area contributed by atoms with Crippen LogP contribution in [0.4, 0.5) is 0 Å². The smallest absolute Gasteiger partial charge is 0.243 e. The Labute approximate surface area is 72.8 Å². The number of ether oxygens (including phenoxy) is 1. The molecule has 1 saturated carbocycles. The van der Waals surface area contributed by atoms with Crippen LogP contribution in [0.25, 0.3) is 0 Å². The molecule has 1 aliphatic carbocycles. The molecule has 0 bridgehead atoms. The minimum absolute atomic E-state index is 0.107. The predicted molar refractivity (Wildman–Crippen MR) is 46.8 cm³/mol. The van der Waals surface area contributed by atoms with Crippen molar-refractivity contribution in [2.24, 2.45) is 0 Å². The predicted octanol–water partition coefficient (Wildman–Crippen LogP) is 0.856. The standard InChI is InChI=1S/C9H15NO2/c1-3-9(11)10-7-5-4-6-8(7)12-2/h3,7-8H,1,4-6H2,2H3,(H,10,11). The number of hydrogen-bond acceptors (Lipinski definition) is 2. The van der Waals surface area contributed by atoms with E-state index in [9.17, 15) is 4.79 Å². The van der Waals surface area contributed by atoms with Gasteiger partial charge in [0.15, 0.2) is 0 Å². The Kier molecular flexibility index (Phi) is 3.29. The third-order valence-electron chi connectivity index (χ3n) is 2.27. The Hall–Kier alpha value is -0.830. The Bertz CT molecular complexity index is 179.